The van der Waals surface area contributed by atoms with Gasteiger partial charge < -0.3 is 10.2 Å². The standard InChI is InChI=1S/C17H23N5O/c1-3-4-9-19-17-20-12-7-15(21-17)16(23)22(2)13-8-14-5-10-18-11-6-14/h5-7,10-12H,3-4,8-9,13H2,1-2H3,(H,19,20,21). The van der Waals surface area contributed by atoms with E-state index in [4.69, 9.17) is 0 Å². The highest BCUT2D eigenvalue weighted by Gasteiger charge is 2.14. The van der Waals surface area contributed by atoms with Gasteiger partial charge in [0.2, 0.25) is 5.95 Å². The van der Waals surface area contributed by atoms with Crippen molar-refractivity contribution < 1.29 is 4.79 Å². The van der Waals surface area contributed by atoms with Gasteiger partial charge in [-0.15, -0.1) is 0 Å². The van der Waals surface area contributed by atoms with E-state index in [9.17, 15) is 4.79 Å². The highest BCUT2D eigenvalue weighted by atomic mass is 16.2. The van der Waals surface area contributed by atoms with E-state index < -0.39 is 0 Å². The SMILES string of the molecule is CCCCNc1nccc(C(=O)N(C)CCc2ccncc2)n1. The van der Waals surface area contributed by atoms with Gasteiger partial charge in [0, 0.05) is 38.7 Å². The second-order valence-corrected chi connectivity index (χ2v) is 5.38. The van der Waals surface area contributed by atoms with Crippen LogP contribution in [-0.4, -0.2) is 45.9 Å². The second-order valence-electron chi connectivity index (χ2n) is 5.38. The predicted octanol–water partition coefficient (Wildman–Crippen LogP) is 2.40. The maximum Gasteiger partial charge on any atom is 0.272 e. The lowest BCUT2D eigenvalue weighted by Crippen LogP contribution is -2.29. The smallest absolute Gasteiger partial charge is 0.272 e. The van der Waals surface area contributed by atoms with Crippen molar-refractivity contribution in [2.24, 2.45) is 0 Å². The van der Waals surface area contributed by atoms with Crippen LogP contribution in [0, 0.1) is 0 Å². The molecule has 0 aliphatic heterocycles. The molecule has 0 atom stereocenters. The summed E-state index contributed by atoms with van der Waals surface area (Å²) in [4.78, 5) is 26.6. The van der Waals surface area contributed by atoms with Crippen LogP contribution >= 0.6 is 0 Å². The summed E-state index contributed by atoms with van der Waals surface area (Å²) in [6.45, 7) is 3.57. The van der Waals surface area contributed by atoms with Crippen molar-refractivity contribution in [3.05, 3.63) is 48.0 Å². The first kappa shape index (κ1) is 16.9. The van der Waals surface area contributed by atoms with E-state index in [-0.39, 0.29) is 5.91 Å². The van der Waals surface area contributed by atoms with Crippen molar-refractivity contribution in [1.29, 1.82) is 0 Å². The van der Waals surface area contributed by atoms with Crippen LogP contribution in [0.15, 0.2) is 36.8 Å². The summed E-state index contributed by atoms with van der Waals surface area (Å²) in [7, 11) is 1.79. The largest absolute Gasteiger partial charge is 0.354 e. The van der Waals surface area contributed by atoms with Crippen molar-refractivity contribution in [1.82, 2.24) is 19.9 Å². The zero-order valence-corrected chi connectivity index (χ0v) is 13.7. The van der Waals surface area contributed by atoms with Crippen molar-refractivity contribution in [2.75, 3.05) is 25.5 Å². The van der Waals surface area contributed by atoms with Gasteiger partial charge in [0.1, 0.15) is 5.69 Å². The van der Waals surface area contributed by atoms with E-state index in [2.05, 4.69) is 27.2 Å². The first-order chi connectivity index (χ1) is 11.2. The number of unbranched alkanes of at least 4 members (excludes halogenated alkanes) is 1. The monoisotopic (exact) mass is 313 g/mol. The van der Waals surface area contributed by atoms with Crippen molar-refractivity contribution >= 4 is 11.9 Å². The summed E-state index contributed by atoms with van der Waals surface area (Å²) in [6, 6.07) is 5.56. The number of carbonyl (C=O) groups is 1. The summed E-state index contributed by atoms with van der Waals surface area (Å²) in [5, 5.41) is 3.14. The number of pyridine rings is 1. The summed E-state index contributed by atoms with van der Waals surface area (Å²) >= 11 is 0. The number of aromatic nitrogens is 3. The van der Waals surface area contributed by atoms with Crippen LogP contribution in [-0.2, 0) is 6.42 Å². The van der Waals surface area contributed by atoms with Gasteiger partial charge in [-0.2, -0.15) is 0 Å². The van der Waals surface area contributed by atoms with Gasteiger partial charge in [-0.05, 0) is 36.6 Å². The highest BCUT2D eigenvalue weighted by Crippen LogP contribution is 2.06. The van der Waals surface area contributed by atoms with E-state index in [1.54, 1.807) is 36.6 Å². The Labute approximate surface area is 137 Å². The molecule has 1 N–H and O–H groups in total. The van der Waals surface area contributed by atoms with E-state index in [0.717, 1.165) is 31.4 Å². The molecule has 2 aromatic heterocycles. The number of amides is 1. The molecule has 0 spiro atoms. The molecular weight excluding hydrogens is 290 g/mol. The number of anilines is 1. The molecule has 23 heavy (non-hydrogen) atoms. The molecule has 0 saturated carbocycles. The minimum Gasteiger partial charge on any atom is -0.354 e. The minimum atomic E-state index is -0.0972. The molecule has 0 aliphatic carbocycles. The quantitative estimate of drug-likeness (QED) is 0.758. The molecule has 0 bridgehead atoms. The maximum absolute atomic E-state index is 12.4. The number of hydrogen-bond donors (Lipinski definition) is 1. The Kier molecular flexibility index (Phi) is 6.47. The lowest BCUT2D eigenvalue weighted by atomic mass is 10.2. The number of nitrogens with zero attached hydrogens (tertiary/aromatic N) is 4. The lowest BCUT2D eigenvalue weighted by Gasteiger charge is -2.17. The average Bonchev–Trinajstić information content (AvgIpc) is 2.60. The Hall–Kier alpha value is -2.50. The van der Waals surface area contributed by atoms with Crippen LogP contribution in [0.3, 0.4) is 0 Å². The molecule has 0 aliphatic rings. The van der Waals surface area contributed by atoms with Crippen LogP contribution in [0.4, 0.5) is 5.95 Å². The fourth-order valence-corrected chi connectivity index (χ4v) is 2.08. The molecule has 1 amide bonds. The number of rotatable bonds is 8. The lowest BCUT2D eigenvalue weighted by molar-refractivity contribution is 0.0791. The zero-order chi connectivity index (χ0) is 16.5. The summed E-state index contributed by atoms with van der Waals surface area (Å²) < 4.78 is 0. The summed E-state index contributed by atoms with van der Waals surface area (Å²) in [5.74, 6) is 0.409. The normalized spacial score (nSPS) is 10.3. The van der Waals surface area contributed by atoms with E-state index in [1.165, 1.54) is 0 Å². The van der Waals surface area contributed by atoms with Gasteiger partial charge in [-0.3, -0.25) is 9.78 Å². The van der Waals surface area contributed by atoms with Gasteiger partial charge in [-0.25, -0.2) is 9.97 Å². The van der Waals surface area contributed by atoms with Crippen LogP contribution in [0.2, 0.25) is 0 Å². The summed E-state index contributed by atoms with van der Waals surface area (Å²) in [6.07, 6.45) is 8.07. The van der Waals surface area contributed by atoms with E-state index in [1.807, 2.05) is 12.1 Å². The van der Waals surface area contributed by atoms with Gasteiger partial charge >= 0.3 is 0 Å². The Bertz CT molecular complexity index is 617. The Morgan fingerprint density at radius 1 is 1.22 bits per heavy atom. The van der Waals surface area contributed by atoms with Crippen LogP contribution in [0.5, 0.6) is 0 Å². The Morgan fingerprint density at radius 3 is 2.74 bits per heavy atom. The Morgan fingerprint density at radius 2 is 2.00 bits per heavy atom. The first-order valence-electron chi connectivity index (χ1n) is 7.92. The molecule has 2 rings (SSSR count). The zero-order valence-electron chi connectivity index (χ0n) is 13.7. The number of carbonyl (C=O) groups excluding carboxylic acids is 1. The third kappa shape index (κ3) is 5.32. The van der Waals surface area contributed by atoms with Crippen LogP contribution in [0.1, 0.15) is 35.8 Å². The van der Waals surface area contributed by atoms with Gasteiger partial charge in [-0.1, -0.05) is 13.3 Å². The topological polar surface area (TPSA) is 71.0 Å². The van der Waals surface area contributed by atoms with Crippen molar-refractivity contribution in [2.45, 2.75) is 26.2 Å². The molecule has 0 radical (unpaired) electrons. The van der Waals surface area contributed by atoms with Crippen LogP contribution < -0.4 is 5.32 Å². The molecule has 0 aromatic carbocycles. The van der Waals surface area contributed by atoms with Crippen molar-refractivity contribution in [3.63, 3.8) is 0 Å². The molecule has 122 valence electrons. The molecule has 2 heterocycles. The minimum absolute atomic E-state index is 0.0972. The van der Waals surface area contributed by atoms with E-state index in [0.29, 0.717) is 18.2 Å². The van der Waals surface area contributed by atoms with Gasteiger partial charge in [0.05, 0.1) is 0 Å². The van der Waals surface area contributed by atoms with E-state index >= 15 is 0 Å². The first-order valence-corrected chi connectivity index (χ1v) is 7.92. The maximum atomic E-state index is 12.4. The second kappa shape index (κ2) is 8.82. The molecular formula is C17H23N5O. The number of nitrogens with one attached hydrogen (secondary N) is 1. The third-order valence-corrected chi connectivity index (χ3v) is 3.52. The van der Waals surface area contributed by atoms with Crippen LogP contribution in [0.25, 0.3) is 0 Å². The number of hydrogen-bond acceptors (Lipinski definition) is 5. The van der Waals surface area contributed by atoms with Crippen molar-refractivity contribution in [3.8, 4) is 0 Å². The molecule has 2 aromatic rings. The van der Waals surface area contributed by atoms with Gasteiger partial charge in [0.15, 0.2) is 0 Å². The third-order valence-electron chi connectivity index (χ3n) is 3.52. The Balaban J connectivity index is 1.92. The average molecular weight is 313 g/mol. The molecule has 0 unspecified atom stereocenters. The fourth-order valence-electron chi connectivity index (χ4n) is 2.08. The predicted molar refractivity (Wildman–Crippen MR) is 90.3 cm³/mol. The molecule has 6 heteroatoms. The molecule has 0 fully saturated rings. The summed E-state index contributed by atoms with van der Waals surface area (Å²) in [5.41, 5.74) is 1.57. The molecule has 0 saturated heterocycles. The fraction of sp³-hybridized carbons (Fsp3) is 0.412. The van der Waals surface area contributed by atoms with Gasteiger partial charge in [0.25, 0.3) is 5.91 Å². The number of likely N-dealkylation sites (N-methyl/N-ethyl adjacent to an activating group) is 1. The highest BCUT2D eigenvalue weighted by molar-refractivity contribution is 5.92. The molecule has 6 nitrogen and oxygen atoms in total.